The molecule has 2 amide bonds. The Balaban J connectivity index is 1.34. The lowest BCUT2D eigenvalue weighted by Crippen LogP contribution is -2.55. The van der Waals surface area contributed by atoms with Gasteiger partial charge >= 0.3 is 14.2 Å². The van der Waals surface area contributed by atoms with Crippen LogP contribution in [0.2, 0.25) is 0 Å². The van der Waals surface area contributed by atoms with E-state index in [0.29, 0.717) is 16.9 Å². The van der Waals surface area contributed by atoms with Crippen molar-refractivity contribution >= 4 is 69.5 Å². The smallest absolute Gasteiger partial charge is 0.453 e. The summed E-state index contributed by atoms with van der Waals surface area (Å²) >= 11 is 0. The second kappa shape index (κ2) is 13.8. The fourth-order valence-corrected chi connectivity index (χ4v) is 6.82. The molecule has 6 aromatic rings. The third-order valence-corrected chi connectivity index (χ3v) is 9.36. The number of amides is 2. The second-order valence-corrected chi connectivity index (χ2v) is 13.3. The minimum atomic E-state index is -1.99. The van der Waals surface area contributed by atoms with E-state index in [-0.39, 0.29) is 17.4 Å². The molecule has 0 bridgehead atoms. The van der Waals surface area contributed by atoms with Crippen LogP contribution in [-0.4, -0.2) is 37.0 Å². The number of esters is 1. The fourth-order valence-electron chi connectivity index (χ4n) is 5.79. The van der Waals surface area contributed by atoms with E-state index in [0.717, 1.165) is 32.3 Å². The van der Waals surface area contributed by atoms with Crippen LogP contribution in [-0.2, 0) is 14.3 Å². The first kappa shape index (κ1) is 32.7. The molecular weight excluding hydrogens is 627 g/mol. The molecule has 246 valence electrons. The molecule has 0 spiro atoms. The zero-order chi connectivity index (χ0) is 33.9. The van der Waals surface area contributed by atoms with Crippen LogP contribution in [0, 0.1) is 11.8 Å². The van der Waals surface area contributed by atoms with E-state index in [2.05, 4.69) is 34.9 Å². The van der Waals surface area contributed by atoms with E-state index in [9.17, 15) is 14.4 Å². The van der Waals surface area contributed by atoms with E-state index < -0.39 is 38.1 Å². The van der Waals surface area contributed by atoms with Crippen LogP contribution in [0.4, 0.5) is 0 Å². The molecule has 0 radical (unpaired) electrons. The van der Waals surface area contributed by atoms with Gasteiger partial charge in [-0.3, -0.25) is 9.59 Å². The monoisotopic (exact) mass is 664 g/mol. The van der Waals surface area contributed by atoms with Gasteiger partial charge in [-0.15, -0.1) is 0 Å². The lowest BCUT2D eigenvalue weighted by atomic mass is 9.99. The SMILES string of the molecule is COC(=O)[C@@H](NC(=O)[C@@H](NC(=O)c1cccc(Op2oc3ccc4ccccc4c3c3c(ccc4ccccc43)o2)c1)C(C)C)C(C)C. The number of ether oxygens (including phenoxy) is 1. The van der Waals surface area contributed by atoms with E-state index in [1.54, 1.807) is 38.1 Å². The van der Waals surface area contributed by atoms with Crippen LogP contribution in [0.3, 0.4) is 0 Å². The topological polar surface area (TPSA) is 120 Å². The van der Waals surface area contributed by atoms with E-state index in [1.165, 1.54) is 7.11 Å². The molecule has 2 atom stereocenters. The first-order chi connectivity index (χ1) is 23.1. The van der Waals surface area contributed by atoms with Crippen LogP contribution in [0.5, 0.6) is 5.75 Å². The van der Waals surface area contributed by atoms with Crippen LogP contribution in [0.15, 0.2) is 105 Å². The molecule has 0 saturated heterocycles. The first-order valence-electron chi connectivity index (χ1n) is 15.8. The second-order valence-electron chi connectivity index (χ2n) is 12.3. The number of carbonyl (C=O) groups is 3. The van der Waals surface area contributed by atoms with Gasteiger partial charge in [0.25, 0.3) is 5.91 Å². The minimum absolute atomic E-state index is 0.203. The molecule has 0 fully saturated rings. The van der Waals surface area contributed by atoms with Gasteiger partial charge in [0.15, 0.2) is 0 Å². The molecule has 6 rings (SSSR count). The molecule has 2 N–H and O–H groups in total. The Labute approximate surface area is 278 Å². The molecule has 1 aromatic heterocycles. The zero-order valence-corrected chi connectivity index (χ0v) is 28.2. The third-order valence-electron chi connectivity index (χ3n) is 8.31. The summed E-state index contributed by atoms with van der Waals surface area (Å²) in [6.45, 7) is 7.25. The molecule has 0 saturated carbocycles. The highest BCUT2D eigenvalue weighted by atomic mass is 31.1. The van der Waals surface area contributed by atoms with Crippen molar-refractivity contribution in [3.63, 3.8) is 0 Å². The Morgan fingerprint density at radius 3 is 1.77 bits per heavy atom. The minimum Gasteiger partial charge on any atom is -0.467 e. The molecule has 10 heteroatoms. The third kappa shape index (κ3) is 6.60. The quantitative estimate of drug-likeness (QED) is 0.149. The number of methoxy groups -OCH3 is 1. The molecule has 0 aliphatic heterocycles. The molecule has 0 aliphatic rings. The summed E-state index contributed by atoms with van der Waals surface area (Å²) in [4.78, 5) is 38.9. The van der Waals surface area contributed by atoms with Gasteiger partial charge in [-0.05, 0) is 63.7 Å². The summed E-state index contributed by atoms with van der Waals surface area (Å²) in [6.07, 6.45) is 0. The molecule has 9 nitrogen and oxygen atoms in total. The standard InChI is InChI=1S/C38H37N2O7P/c1-22(2)34(37(42)40-35(23(3)4)38(43)44-5)39-36(41)26-13-10-14-27(21-26)45-48-46-30-19-17-24-11-6-8-15-28(24)32(30)33-29-16-9-7-12-25(29)18-20-31(33)47-48/h6-23,34-35H,1-5H3,(H,39,41)(H,40,42)/t34-,35-/m0/s1. The Kier molecular flexibility index (Phi) is 9.42. The number of hydrogen-bond acceptors (Lipinski definition) is 7. The molecule has 5 aromatic carbocycles. The van der Waals surface area contributed by atoms with Crippen molar-refractivity contribution in [3.8, 4) is 5.75 Å². The van der Waals surface area contributed by atoms with Crippen LogP contribution in [0.25, 0.3) is 43.5 Å². The Hall–Kier alpha value is -5.27. The first-order valence-corrected chi connectivity index (χ1v) is 16.9. The van der Waals surface area contributed by atoms with Crippen molar-refractivity contribution in [1.82, 2.24) is 10.6 Å². The van der Waals surface area contributed by atoms with Gasteiger partial charge in [0, 0.05) is 16.3 Å². The maximum Gasteiger partial charge on any atom is 0.453 e. The lowest BCUT2D eigenvalue weighted by molar-refractivity contribution is -0.146. The van der Waals surface area contributed by atoms with Crippen molar-refractivity contribution in [1.29, 1.82) is 0 Å². The lowest BCUT2D eigenvalue weighted by Gasteiger charge is -2.26. The number of nitrogens with one attached hydrogen (secondary N) is 2. The molecule has 48 heavy (non-hydrogen) atoms. The van der Waals surface area contributed by atoms with Gasteiger partial charge in [0.05, 0.1) is 7.11 Å². The summed E-state index contributed by atoms with van der Waals surface area (Å²) in [6, 6.07) is 29.1. The zero-order valence-electron chi connectivity index (χ0n) is 27.4. The van der Waals surface area contributed by atoms with Crippen LogP contribution >= 0.6 is 8.24 Å². The van der Waals surface area contributed by atoms with Crippen molar-refractivity contribution < 1.29 is 32.0 Å². The Morgan fingerprint density at radius 2 is 1.23 bits per heavy atom. The highest BCUT2D eigenvalue weighted by Gasteiger charge is 2.31. The predicted octanol–water partition coefficient (Wildman–Crippen LogP) is 8.51. The van der Waals surface area contributed by atoms with Crippen molar-refractivity contribution in [3.05, 3.63) is 103 Å². The van der Waals surface area contributed by atoms with E-state index in [4.69, 9.17) is 17.7 Å². The Bertz CT molecular complexity index is 2110. The number of hydrogen-bond donors (Lipinski definition) is 2. The van der Waals surface area contributed by atoms with Gasteiger partial charge in [-0.25, -0.2) is 4.79 Å². The van der Waals surface area contributed by atoms with Gasteiger partial charge in [-0.2, -0.15) is 0 Å². The normalized spacial score (nSPS) is 12.7. The number of fused-ring (bicyclic) bond motifs is 7. The predicted molar refractivity (Wildman–Crippen MR) is 189 cm³/mol. The van der Waals surface area contributed by atoms with Crippen molar-refractivity contribution in [2.24, 2.45) is 11.8 Å². The Morgan fingerprint density at radius 1 is 0.667 bits per heavy atom. The summed E-state index contributed by atoms with van der Waals surface area (Å²) in [7, 11) is -0.719. The highest BCUT2D eigenvalue weighted by molar-refractivity contribution is 7.32. The maximum absolute atomic E-state index is 13.5. The fraction of sp³-hybridized carbons (Fsp3) is 0.237. The summed E-state index contributed by atoms with van der Waals surface area (Å²) in [5.74, 6) is -1.61. The average molecular weight is 665 g/mol. The highest BCUT2D eigenvalue weighted by Crippen LogP contribution is 2.41. The summed E-state index contributed by atoms with van der Waals surface area (Å²) < 4.78 is 24.0. The van der Waals surface area contributed by atoms with E-state index >= 15 is 0 Å². The molecule has 0 aliphatic carbocycles. The number of rotatable bonds is 9. The van der Waals surface area contributed by atoms with Crippen molar-refractivity contribution in [2.75, 3.05) is 7.11 Å². The van der Waals surface area contributed by atoms with Crippen molar-refractivity contribution in [2.45, 2.75) is 39.8 Å². The number of benzene rings is 5. The molecule has 1 heterocycles. The van der Waals surface area contributed by atoms with Gasteiger partial charge < -0.3 is 28.3 Å². The maximum atomic E-state index is 13.5. The average Bonchev–Trinajstić information content (AvgIpc) is 3.25. The molecule has 0 unspecified atom stereocenters. The summed E-state index contributed by atoms with van der Waals surface area (Å²) in [5, 5.41) is 11.6. The molecular formula is C38H37N2O7P. The van der Waals surface area contributed by atoms with Gasteiger partial charge in [0.2, 0.25) is 5.91 Å². The van der Waals surface area contributed by atoms with Gasteiger partial charge in [0.1, 0.15) is 29.0 Å². The van der Waals surface area contributed by atoms with Gasteiger partial charge in [-0.1, -0.05) is 94.4 Å². The summed E-state index contributed by atoms with van der Waals surface area (Å²) in [5.41, 5.74) is 1.53. The van der Waals surface area contributed by atoms with E-state index in [1.807, 2.05) is 62.4 Å². The largest absolute Gasteiger partial charge is 0.467 e. The van der Waals surface area contributed by atoms with Crippen LogP contribution < -0.4 is 15.2 Å². The van der Waals surface area contributed by atoms with Crippen LogP contribution in [0.1, 0.15) is 38.1 Å². The number of carbonyl (C=O) groups excluding carboxylic acids is 3.